The fourth-order valence-electron chi connectivity index (χ4n) is 2.44. The molecule has 3 aromatic rings. The molecule has 0 atom stereocenters. The normalized spacial score (nSPS) is 10.4. The van der Waals surface area contributed by atoms with E-state index in [1.165, 1.54) is 29.3 Å². The van der Waals surface area contributed by atoms with Crippen LogP contribution < -0.4 is 10.6 Å². The van der Waals surface area contributed by atoms with E-state index in [1.54, 1.807) is 18.3 Å². The Bertz CT molecular complexity index is 946. The lowest BCUT2D eigenvalue weighted by molar-refractivity contribution is 0.102. The Kier molecular flexibility index (Phi) is 5.49. The first-order valence-electron chi connectivity index (χ1n) is 8.04. The molecule has 0 aliphatic heterocycles. The lowest BCUT2D eigenvalue weighted by Crippen LogP contribution is -2.14. The first-order valence-corrected chi connectivity index (χ1v) is 8.41. The number of nitrogens with one attached hydrogen (secondary N) is 2. The molecule has 26 heavy (non-hydrogen) atoms. The second-order valence-corrected chi connectivity index (χ2v) is 6.20. The van der Waals surface area contributed by atoms with E-state index in [0.717, 1.165) is 5.69 Å². The van der Waals surface area contributed by atoms with Gasteiger partial charge in [0, 0.05) is 24.1 Å². The van der Waals surface area contributed by atoms with Crippen LogP contribution in [0.15, 0.2) is 60.8 Å². The highest BCUT2D eigenvalue weighted by atomic mass is 35.5. The summed E-state index contributed by atoms with van der Waals surface area (Å²) in [5.74, 6) is -0.933. The van der Waals surface area contributed by atoms with Gasteiger partial charge in [-0.2, -0.15) is 0 Å². The number of anilines is 2. The van der Waals surface area contributed by atoms with E-state index in [1.807, 2.05) is 12.1 Å². The van der Waals surface area contributed by atoms with Gasteiger partial charge in [0.05, 0.1) is 5.02 Å². The summed E-state index contributed by atoms with van der Waals surface area (Å²) in [4.78, 5) is 16.4. The molecule has 0 radical (unpaired) electrons. The van der Waals surface area contributed by atoms with Gasteiger partial charge in [0.1, 0.15) is 11.5 Å². The third-order valence-electron chi connectivity index (χ3n) is 3.91. The lowest BCUT2D eigenvalue weighted by Gasteiger charge is -2.10. The van der Waals surface area contributed by atoms with Crippen molar-refractivity contribution < 1.29 is 9.18 Å². The number of aromatic nitrogens is 1. The number of benzene rings is 2. The van der Waals surface area contributed by atoms with Crippen LogP contribution in [0.3, 0.4) is 0 Å². The van der Waals surface area contributed by atoms with Crippen LogP contribution in [0.4, 0.5) is 15.8 Å². The highest BCUT2D eigenvalue weighted by Gasteiger charge is 2.10. The molecule has 0 spiro atoms. The Morgan fingerprint density at radius 1 is 1.12 bits per heavy atom. The standard InChI is InChI=1S/C20H17ClFN3O/c1-13-4-2-3-5-14(13)12-24-15-8-9-23-19(11-15)20(26)25-16-6-7-18(22)17(21)10-16/h2-11H,12H2,1H3,(H,23,24)(H,25,26). The van der Waals surface area contributed by atoms with Crippen molar-refractivity contribution in [2.75, 3.05) is 10.6 Å². The molecule has 0 saturated carbocycles. The fraction of sp³-hybridized carbons (Fsp3) is 0.100. The molecule has 0 bridgehead atoms. The minimum Gasteiger partial charge on any atom is -0.381 e. The molecule has 0 fully saturated rings. The molecule has 1 aromatic heterocycles. The topological polar surface area (TPSA) is 54.0 Å². The molecule has 132 valence electrons. The predicted molar refractivity (Wildman–Crippen MR) is 102 cm³/mol. The van der Waals surface area contributed by atoms with Gasteiger partial charge in [0.25, 0.3) is 5.91 Å². The van der Waals surface area contributed by atoms with Gasteiger partial charge in [-0.25, -0.2) is 4.39 Å². The number of nitrogens with zero attached hydrogens (tertiary/aromatic N) is 1. The molecule has 0 aliphatic rings. The number of carbonyl (C=O) groups is 1. The zero-order valence-electron chi connectivity index (χ0n) is 14.1. The van der Waals surface area contributed by atoms with Gasteiger partial charge in [0.2, 0.25) is 0 Å². The first kappa shape index (κ1) is 17.9. The number of rotatable bonds is 5. The van der Waals surface area contributed by atoms with Crippen LogP contribution in [-0.4, -0.2) is 10.9 Å². The predicted octanol–water partition coefficient (Wildman–Crippen LogP) is 5.05. The summed E-state index contributed by atoms with van der Waals surface area (Å²) in [5, 5.41) is 5.89. The van der Waals surface area contributed by atoms with E-state index in [2.05, 4.69) is 34.7 Å². The van der Waals surface area contributed by atoms with Gasteiger partial charge in [0.15, 0.2) is 0 Å². The van der Waals surface area contributed by atoms with Gasteiger partial charge >= 0.3 is 0 Å². The van der Waals surface area contributed by atoms with Crippen molar-refractivity contribution in [3.05, 3.63) is 88.5 Å². The zero-order valence-corrected chi connectivity index (χ0v) is 14.8. The second kappa shape index (κ2) is 7.97. The van der Waals surface area contributed by atoms with E-state index in [0.29, 0.717) is 12.2 Å². The summed E-state index contributed by atoms with van der Waals surface area (Å²) in [6, 6.07) is 15.5. The fourth-order valence-corrected chi connectivity index (χ4v) is 2.62. The maximum absolute atomic E-state index is 13.2. The monoisotopic (exact) mass is 369 g/mol. The number of hydrogen-bond acceptors (Lipinski definition) is 3. The molecule has 2 N–H and O–H groups in total. The molecule has 0 saturated heterocycles. The minimum atomic E-state index is -0.537. The van der Waals surface area contributed by atoms with Crippen LogP contribution in [0.25, 0.3) is 0 Å². The van der Waals surface area contributed by atoms with Crippen LogP contribution in [-0.2, 0) is 6.54 Å². The minimum absolute atomic E-state index is 0.0515. The molecule has 4 nitrogen and oxygen atoms in total. The van der Waals surface area contributed by atoms with Gasteiger partial charge in [-0.15, -0.1) is 0 Å². The Morgan fingerprint density at radius 2 is 1.92 bits per heavy atom. The first-order chi connectivity index (χ1) is 12.5. The molecule has 1 amide bonds. The van der Waals surface area contributed by atoms with Gasteiger partial charge in [-0.3, -0.25) is 9.78 Å². The molecule has 3 rings (SSSR count). The Balaban J connectivity index is 1.69. The van der Waals surface area contributed by atoms with E-state index in [4.69, 9.17) is 11.6 Å². The number of carbonyl (C=O) groups excluding carboxylic acids is 1. The molecule has 0 unspecified atom stereocenters. The summed E-state index contributed by atoms with van der Waals surface area (Å²) >= 11 is 5.73. The maximum Gasteiger partial charge on any atom is 0.274 e. The molecular formula is C20H17ClFN3O. The van der Waals surface area contributed by atoms with Crippen molar-refractivity contribution in [3.63, 3.8) is 0 Å². The van der Waals surface area contributed by atoms with Gasteiger partial charge < -0.3 is 10.6 Å². The number of aryl methyl sites for hydroxylation is 1. The molecule has 2 aromatic carbocycles. The van der Waals surface area contributed by atoms with Crippen molar-refractivity contribution in [3.8, 4) is 0 Å². The number of pyridine rings is 1. The van der Waals surface area contributed by atoms with E-state index < -0.39 is 11.7 Å². The summed E-state index contributed by atoms with van der Waals surface area (Å²) in [6.07, 6.45) is 1.56. The van der Waals surface area contributed by atoms with E-state index in [9.17, 15) is 9.18 Å². The van der Waals surface area contributed by atoms with Crippen LogP contribution in [0.2, 0.25) is 5.02 Å². The zero-order chi connectivity index (χ0) is 18.5. The van der Waals surface area contributed by atoms with Crippen molar-refractivity contribution in [2.24, 2.45) is 0 Å². The number of amides is 1. The van der Waals surface area contributed by atoms with Crippen molar-refractivity contribution >= 4 is 28.9 Å². The SMILES string of the molecule is Cc1ccccc1CNc1ccnc(C(=O)Nc2ccc(F)c(Cl)c2)c1. The lowest BCUT2D eigenvalue weighted by atomic mass is 10.1. The molecule has 0 aliphatic carbocycles. The smallest absolute Gasteiger partial charge is 0.274 e. The van der Waals surface area contributed by atoms with Crippen LogP contribution in [0.1, 0.15) is 21.6 Å². The van der Waals surface area contributed by atoms with Crippen molar-refractivity contribution in [1.29, 1.82) is 0 Å². The Hall–Kier alpha value is -2.92. The molecular weight excluding hydrogens is 353 g/mol. The summed E-state index contributed by atoms with van der Waals surface area (Å²) in [5.41, 5.74) is 3.81. The highest BCUT2D eigenvalue weighted by Crippen LogP contribution is 2.20. The van der Waals surface area contributed by atoms with E-state index in [-0.39, 0.29) is 10.7 Å². The van der Waals surface area contributed by atoms with Crippen molar-refractivity contribution in [2.45, 2.75) is 13.5 Å². The van der Waals surface area contributed by atoms with Crippen molar-refractivity contribution in [1.82, 2.24) is 4.98 Å². The number of hydrogen-bond donors (Lipinski definition) is 2. The average Bonchev–Trinajstić information content (AvgIpc) is 2.64. The molecule has 1 heterocycles. The Morgan fingerprint density at radius 3 is 2.69 bits per heavy atom. The third-order valence-corrected chi connectivity index (χ3v) is 4.20. The second-order valence-electron chi connectivity index (χ2n) is 5.79. The van der Waals surface area contributed by atoms with Crippen LogP contribution >= 0.6 is 11.6 Å². The Labute approximate surface area is 156 Å². The third kappa shape index (κ3) is 4.37. The van der Waals surface area contributed by atoms with Gasteiger partial charge in [-0.1, -0.05) is 35.9 Å². The largest absolute Gasteiger partial charge is 0.381 e. The van der Waals surface area contributed by atoms with Crippen LogP contribution in [0.5, 0.6) is 0 Å². The quantitative estimate of drug-likeness (QED) is 0.662. The maximum atomic E-state index is 13.2. The van der Waals surface area contributed by atoms with Crippen LogP contribution in [0, 0.1) is 12.7 Å². The number of halogens is 2. The summed E-state index contributed by atoms with van der Waals surface area (Å²) in [7, 11) is 0. The summed E-state index contributed by atoms with van der Waals surface area (Å²) in [6.45, 7) is 2.70. The summed E-state index contributed by atoms with van der Waals surface area (Å²) < 4.78 is 13.2. The molecule has 6 heteroatoms. The highest BCUT2D eigenvalue weighted by molar-refractivity contribution is 6.31. The van der Waals surface area contributed by atoms with E-state index >= 15 is 0 Å². The van der Waals surface area contributed by atoms with Gasteiger partial charge in [-0.05, 0) is 48.4 Å². The average molecular weight is 370 g/mol.